The number of carbonyl (C=O) groups excluding carboxylic acids is 2. The summed E-state index contributed by atoms with van der Waals surface area (Å²) in [6, 6.07) is 14.8. The van der Waals surface area contributed by atoms with Crippen LogP contribution in [0.2, 0.25) is 0 Å². The van der Waals surface area contributed by atoms with Crippen molar-refractivity contribution in [2.24, 2.45) is 0 Å². The lowest BCUT2D eigenvalue weighted by Gasteiger charge is -2.08. The van der Waals surface area contributed by atoms with E-state index in [1.54, 1.807) is 24.3 Å². The van der Waals surface area contributed by atoms with Crippen LogP contribution in [0.3, 0.4) is 0 Å². The Balaban J connectivity index is 1.87. The van der Waals surface area contributed by atoms with Gasteiger partial charge in [-0.2, -0.15) is 0 Å². The van der Waals surface area contributed by atoms with E-state index in [1.165, 1.54) is 5.56 Å². The first-order valence-electron chi connectivity index (χ1n) is 8.49. The normalized spacial score (nSPS) is 10.3. The molecule has 2 aromatic carbocycles. The van der Waals surface area contributed by atoms with Crippen molar-refractivity contribution in [2.75, 3.05) is 18.5 Å². The van der Waals surface area contributed by atoms with Gasteiger partial charge in [-0.15, -0.1) is 0 Å². The summed E-state index contributed by atoms with van der Waals surface area (Å²) in [5, 5.41) is 14.3. The molecule has 0 saturated heterocycles. The second kappa shape index (κ2) is 9.59. The molecule has 5 nitrogen and oxygen atoms in total. The van der Waals surface area contributed by atoms with E-state index in [0.29, 0.717) is 30.6 Å². The highest BCUT2D eigenvalue weighted by atomic mass is 16.3. The molecule has 0 radical (unpaired) electrons. The van der Waals surface area contributed by atoms with E-state index in [4.69, 9.17) is 5.11 Å². The molecule has 2 amide bonds. The molecule has 5 heteroatoms. The summed E-state index contributed by atoms with van der Waals surface area (Å²) in [4.78, 5) is 24.0. The topological polar surface area (TPSA) is 78.4 Å². The number of amides is 2. The zero-order valence-electron chi connectivity index (χ0n) is 14.4. The van der Waals surface area contributed by atoms with Gasteiger partial charge in [-0.25, -0.2) is 0 Å². The number of aliphatic hydroxyl groups excluding tert-OH is 1. The summed E-state index contributed by atoms with van der Waals surface area (Å²) >= 11 is 0. The van der Waals surface area contributed by atoms with Crippen molar-refractivity contribution in [2.45, 2.75) is 26.2 Å². The van der Waals surface area contributed by atoms with E-state index in [0.717, 1.165) is 12.0 Å². The van der Waals surface area contributed by atoms with Gasteiger partial charge in [0.15, 0.2) is 0 Å². The van der Waals surface area contributed by atoms with E-state index in [2.05, 4.69) is 17.6 Å². The number of aryl methyl sites for hydroxylation is 1. The lowest BCUT2D eigenvalue weighted by atomic mass is 10.1. The largest absolute Gasteiger partial charge is 0.396 e. The zero-order valence-corrected chi connectivity index (χ0v) is 14.4. The average molecular weight is 340 g/mol. The standard InChI is InChI=1S/C20H24N2O3/c1-2-15-4-6-16(7-5-15)14-19(24)22-18-10-8-17(9-11-18)20(25)21-12-3-13-23/h4-11,23H,2-3,12-14H2,1H3,(H,21,25)(H,22,24). The van der Waals surface area contributed by atoms with Crippen molar-refractivity contribution in [3.05, 3.63) is 65.2 Å². The Labute approximate surface area is 148 Å². The monoisotopic (exact) mass is 340 g/mol. The van der Waals surface area contributed by atoms with Crippen molar-refractivity contribution in [1.82, 2.24) is 5.32 Å². The van der Waals surface area contributed by atoms with Crippen molar-refractivity contribution in [1.29, 1.82) is 0 Å². The predicted molar refractivity (Wildman–Crippen MR) is 98.6 cm³/mol. The fourth-order valence-corrected chi connectivity index (χ4v) is 2.37. The third kappa shape index (κ3) is 6.04. The lowest BCUT2D eigenvalue weighted by Crippen LogP contribution is -2.25. The number of hydrogen-bond acceptors (Lipinski definition) is 3. The van der Waals surface area contributed by atoms with Gasteiger partial charge in [-0.3, -0.25) is 9.59 Å². The summed E-state index contributed by atoms with van der Waals surface area (Å²) in [6.07, 6.45) is 1.82. The van der Waals surface area contributed by atoms with Crippen LogP contribution in [0, 0.1) is 0 Å². The molecule has 0 spiro atoms. The molecule has 0 aromatic heterocycles. The van der Waals surface area contributed by atoms with Crippen molar-refractivity contribution >= 4 is 17.5 Å². The number of nitrogens with one attached hydrogen (secondary N) is 2. The maximum Gasteiger partial charge on any atom is 0.251 e. The highest BCUT2D eigenvalue weighted by Gasteiger charge is 2.07. The second-order valence-electron chi connectivity index (χ2n) is 5.81. The number of rotatable bonds is 8. The number of carbonyl (C=O) groups is 2. The van der Waals surface area contributed by atoms with Gasteiger partial charge >= 0.3 is 0 Å². The van der Waals surface area contributed by atoms with Crippen LogP contribution in [0.25, 0.3) is 0 Å². The Hall–Kier alpha value is -2.66. The van der Waals surface area contributed by atoms with Crippen LogP contribution in [-0.4, -0.2) is 30.1 Å². The summed E-state index contributed by atoms with van der Waals surface area (Å²) in [5.74, 6) is -0.285. The molecule has 2 rings (SSSR count). The number of benzene rings is 2. The highest BCUT2D eigenvalue weighted by molar-refractivity contribution is 5.96. The first kappa shape index (κ1) is 18.7. The van der Waals surface area contributed by atoms with Gasteiger partial charge in [0.1, 0.15) is 0 Å². The zero-order chi connectivity index (χ0) is 18.1. The third-order valence-electron chi connectivity index (χ3n) is 3.85. The molecule has 0 aliphatic heterocycles. The molecule has 2 aromatic rings. The molecule has 0 bridgehead atoms. The number of anilines is 1. The van der Waals surface area contributed by atoms with Gasteiger partial charge < -0.3 is 15.7 Å². The van der Waals surface area contributed by atoms with E-state index < -0.39 is 0 Å². The van der Waals surface area contributed by atoms with Crippen LogP contribution < -0.4 is 10.6 Å². The van der Waals surface area contributed by atoms with Crippen LogP contribution >= 0.6 is 0 Å². The fourth-order valence-electron chi connectivity index (χ4n) is 2.37. The van der Waals surface area contributed by atoms with Gasteiger partial charge in [0.2, 0.25) is 5.91 Å². The minimum Gasteiger partial charge on any atom is -0.396 e. The summed E-state index contributed by atoms with van der Waals surface area (Å²) in [7, 11) is 0. The molecule has 0 aliphatic carbocycles. The molecule has 3 N–H and O–H groups in total. The molecule has 132 valence electrons. The van der Waals surface area contributed by atoms with Gasteiger partial charge in [0.05, 0.1) is 6.42 Å². The fraction of sp³-hybridized carbons (Fsp3) is 0.300. The van der Waals surface area contributed by atoms with Crippen LogP contribution in [0.15, 0.2) is 48.5 Å². The minimum atomic E-state index is -0.192. The predicted octanol–water partition coefficient (Wildman–Crippen LogP) is 2.54. The average Bonchev–Trinajstić information content (AvgIpc) is 2.63. The number of hydrogen-bond donors (Lipinski definition) is 3. The van der Waals surface area contributed by atoms with Crippen LogP contribution in [0.5, 0.6) is 0 Å². The maximum absolute atomic E-state index is 12.1. The van der Waals surface area contributed by atoms with E-state index in [9.17, 15) is 9.59 Å². The Kier molecular flexibility index (Phi) is 7.16. The molecular weight excluding hydrogens is 316 g/mol. The molecule has 25 heavy (non-hydrogen) atoms. The quantitative estimate of drug-likeness (QED) is 0.646. The summed E-state index contributed by atoms with van der Waals surface area (Å²) in [5.41, 5.74) is 3.39. The van der Waals surface area contributed by atoms with Crippen LogP contribution in [0.1, 0.15) is 34.8 Å². The summed E-state index contributed by atoms with van der Waals surface area (Å²) < 4.78 is 0. The third-order valence-corrected chi connectivity index (χ3v) is 3.85. The summed E-state index contributed by atoms with van der Waals surface area (Å²) in [6.45, 7) is 2.58. The molecule has 0 aliphatic rings. The SMILES string of the molecule is CCc1ccc(CC(=O)Nc2ccc(C(=O)NCCCO)cc2)cc1. The smallest absolute Gasteiger partial charge is 0.251 e. The Morgan fingerprint density at radius 1 is 0.960 bits per heavy atom. The van der Waals surface area contributed by atoms with Gasteiger partial charge in [-0.05, 0) is 48.2 Å². The first-order chi connectivity index (χ1) is 12.1. The Morgan fingerprint density at radius 3 is 2.20 bits per heavy atom. The van der Waals surface area contributed by atoms with E-state index in [1.807, 2.05) is 24.3 Å². The molecular formula is C20H24N2O3. The maximum atomic E-state index is 12.1. The van der Waals surface area contributed by atoms with Crippen molar-refractivity contribution < 1.29 is 14.7 Å². The van der Waals surface area contributed by atoms with Crippen molar-refractivity contribution in [3.63, 3.8) is 0 Å². The molecule has 0 unspecified atom stereocenters. The highest BCUT2D eigenvalue weighted by Crippen LogP contribution is 2.11. The lowest BCUT2D eigenvalue weighted by molar-refractivity contribution is -0.115. The van der Waals surface area contributed by atoms with Crippen LogP contribution in [0.4, 0.5) is 5.69 Å². The van der Waals surface area contributed by atoms with Gasteiger partial charge in [0.25, 0.3) is 5.91 Å². The molecule has 0 atom stereocenters. The van der Waals surface area contributed by atoms with E-state index >= 15 is 0 Å². The number of aliphatic hydroxyl groups is 1. The Morgan fingerprint density at radius 2 is 1.60 bits per heavy atom. The van der Waals surface area contributed by atoms with Crippen LogP contribution in [-0.2, 0) is 17.6 Å². The molecule has 0 fully saturated rings. The van der Waals surface area contributed by atoms with E-state index in [-0.39, 0.29) is 18.4 Å². The molecule has 0 saturated carbocycles. The Bertz CT molecular complexity index is 694. The second-order valence-corrected chi connectivity index (χ2v) is 5.81. The first-order valence-corrected chi connectivity index (χ1v) is 8.49. The van der Waals surface area contributed by atoms with Gasteiger partial charge in [0, 0.05) is 24.4 Å². The minimum absolute atomic E-state index is 0.0480. The molecule has 0 heterocycles. The van der Waals surface area contributed by atoms with Gasteiger partial charge in [-0.1, -0.05) is 31.2 Å². The van der Waals surface area contributed by atoms with Crippen molar-refractivity contribution in [3.8, 4) is 0 Å².